The molecule has 2 rings (SSSR count). The molecule has 1 aromatic carbocycles. The second-order valence-corrected chi connectivity index (χ2v) is 6.27. The van der Waals surface area contributed by atoms with Gasteiger partial charge in [-0.3, -0.25) is 9.59 Å². The molecule has 0 aromatic heterocycles. The molecule has 2 amide bonds. The summed E-state index contributed by atoms with van der Waals surface area (Å²) < 4.78 is 39.1. The van der Waals surface area contributed by atoms with Crippen LogP contribution in [0.15, 0.2) is 24.3 Å². The smallest absolute Gasteiger partial charge is 0.353 e. The maximum Gasteiger partial charge on any atom is 0.417 e. The molecule has 7 heteroatoms. The first-order valence-corrected chi connectivity index (χ1v) is 7.96. The van der Waals surface area contributed by atoms with Crippen molar-refractivity contribution in [1.29, 1.82) is 0 Å². The second-order valence-electron chi connectivity index (χ2n) is 6.27. The summed E-state index contributed by atoms with van der Waals surface area (Å²) in [6, 6.07) is 4.79. The number of rotatable bonds is 3. The third-order valence-corrected chi connectivity index (χ3v) is 4.12. The minimum Gasteiger partial charge on any atom is -0.353 e. The molecule has 0 saturated carbocycles. The van der Waals surface area contributed by atoms with Gasteiger partial charge in [0.25, 0.3) is 5.91 Å². The predicted molar refractivity (Wildman–Crippen MR) is 83.4 cm³/mol. The summed E-state index contributed by atoms with van der Waals surface area (Å²) in [6.07, 6.45) is -3.48. The Morgan fingerprint density at radius 2 is 1.75 bits per heavy atom. The Kier molecular flexibility index (Phi) is 5.51. The van der Waals surface area contributed by atoms with Crippen LogP contribution in [0.5, 0.6) is 0 Å². The zero-order valence-electron chi connectivity index (χ0n) is 13.7. The molecule has 0 bridgehead atoms. The largest absolute Gasteiger partial charge is 0.417 e. The number of halogens is 3. The van der Waals surface area contributed by atoms with Crippen molar-refractivity contribution in [1.82, 2.24) is 10.2 Å². The van der Waals surface area contributed by atoms with E-state index in [4.69, 9.17) is 0 Å². The van der Waals surface area contributed by atoms with Crippen molar-refractivity contribution in [3.8, 4) is 0 Å². The summed E-state index contributed by atoms with van der Waals surface area (Å²) >= 11 is 0. The Hall–Kier alpha value is -2.05. The number of carbonyl (C=O) groups excluding carboxylic acids is 2. The van der Waals surface area contributed by atoms with Crippen LogP contribution in [-0.4, -0.2) is 35.8 Å². The molecular formula is C17H21F3N2O2. The lowest BCUT2D eigenvalue weighted by atomic mass is 10.0. The molecule has 0 atom stereocenters. The van der Waals surface area contributed by atoms with Crippen molar-refractivity contribution in [2.24, 2.45) is 5.92 Å². The first-order valence-electron chi connectivity index (χ1n) is 7.96. The molecule has 1 aliphatic rings. The number of carbonyl (C=O) groups is 2. The van der Waals surface area contributed by atoms with E-state index in [2.05, 4.69) is 5.32 Å². The molecule has 0 unspecified atom stereocenters. The summed E-state index contributed by atoms with van der Waals surface area (Å²) in [4.78, 5) is 25.5. The number of hydrogen-bond acceptors (Lipinski definition) is 2. The van der Waals surface area contributed by atoms with E-state index in [1.165, 1.54) is 23.1 Å². The number of alkyl halides is 3. The van der Waals surface area contributed by atoms with Crippen LogP contribution < -0.4 is 5.32 Å². The maximum atomic E-state index is 13.0. The molecule has 1 aliphatic heterocycles. The van der Waals surface area contributed by atoms with Crippen LogP contribution in [0.2, 0.25) is 0 Å². The molecule has 1 aromatic rings. The summed E-state index contributed by atoms with van der Waals surface area (Å²) in [7, 11) is 0. The van der Waals surface area contributed by atoms with E-state index in [-0.39, 0.29) is 23.4 Å². The quantitative estimate of drug-likeness (QED) is 0.918. The van der Waals surface area contributed by atoms with Crippen molar-refractivity contribution in [3.63, 3.8) is 0 Å². The highest BCUT2D eigenvalue weighted by Crippen LogP contribution is 2.32. The Morgan fingerprint density at radius 3 is 2.29 bits per heavy atom. The lowest BCUT2D eigenvalue weighted by Gasteiger charge is -2.33. The van der Waals surface area contributed by atoms with Crippen LogP contribution in [0.1, 0.15) is 42.6 Å². The number of nitrogens with zero attached hydrogens (tertiary/aromatic N) is 1. The lowest BCUT2D eigenvalue weighted by Crippen LogP contribution is -2.47. The summed E-state index contributed by atoms with van der Waals surface area (Å²) in [6.45, 7) is 4.24. The molecule has 0 radical (unpaired) electrons. The number of hydrogen-bond donors (Lipinski definition) is 1. The fourth-order valence-electron chi connectivity index (χ4n) is 2.68. The van der Waals surface area contributed by atoms with E-state index in [0.717, 1.165) is 6.07 Å². The molecule has 1 fully saturated rings. The number of amides is 2. The monoisotopic (exact) mass is 342 g/mol. The van der Waals surface area contributed by atoms with Crippen molar-refractivity contribution in [2.75, 3.05) is 13.1 Å². The third kappa shape index (κ3) is 4.27. The number of nitrogens with one attached hydrogen (secondary N) is 1. The fourth-order valence-corrected chi connectivity index (χ4v) is 2.68. The van der Waals surface area contributed by atoms with Gasteiger partial charge in [-0.2, -0.15) is 13.2 Å². The highest BCUT2D eigenvalue weighted by Gasteiger charge is 2.36. The van der Waals surface area contributed by atoms with E-state index in [9.17, 15) is 22.8 Å². The molecule has 1 heterocycles. The number of likely N-dealkylation sites (tertiary alicyclic amines) is 1. The van der Waals surface area contributed by atoms with Crippen molar-refractivity contribution >= 4 is 11.8 Å². The van der Waals surface area contributed by atoms with Gasteiger partial charge in [0, 0.05) is 25.0 Å². The first kappa shape index (κ1) is 18.3. The van der Waals surface area contributed by atoms with E-state index >= 15 is 0 Å². The molecule has 4 nitrogen and oxygen atoms in total. The lowest BCUT2D eigenvalue weighted by molar-refractivity contribution is -0.138. The minimum absolute atomic E-state index is 0.0400. The van der Waals surface area contributed by atoms with E-state index in [1.807, 2.05) is 0 Å². The first-order chi connectivity index (χ1) is 11.2. The van der Waals surface area contributed by atoms with Gasteiger partial charge in [0.05, 0.1) is 11.1 Å². The predicted octanol–water partition coefficient (Wildman–Crippen LogP) is 3.08. The zero-order valence-corrected chi connectivity index (χ0v) is 13.7. The van der Waals surface area contributed by atoms with Gasteiger partial charge in [-0.05, 0) is 25.0 Å². The van der Waals surface area contributed by atoms with Crippen molar-refractivity contribution in [2.45, 2.75) is 38.9 Å². The molecule has 1 N–H and O–H groups in total. The third-order valence-electron chi connectivity index (χ3n) is 4.12. The maximum absolute atomic E-state index is 13.0. The zero-order chi connectivity index (χ0) is 17.9. The Bertz CT molecular complexity index is 606. The summed E-state index contributed by atoms with van der Waals surface area (Å²) in [5, 5.41) is 2.90. The fraction of sp³-hybridized carbons (Fsp3) is 0.529. The van der Waals surface area contributed by atoms with Crippen LogP contribution in [0.3, 0.4) is 0 Å². The molecular weight excluding hydrogens is 321 g/mol. The Balaban J connectivity index is 2.03. The SMILES string of the molecule is CC(C)C(=O)NC1CCN(C(=O)c2ccccc2C(F)(F)F)CC1. The van der Waals surface area contributed by atoms with E-state index in [1.54, 1.807) is 13.8 Å². The average Bonchev–Trinajstić information content (AvgIpc) is 2.54. The van der Waals surface area contributed by atoms with Gasteiger partial charge in [0.2, 0.25) is 5.91 Å². The molecule has 132 valence electrons. The topological polar surface area (TPSA) is 49.4 Å². The van der Waals surface area contributed by atoms with Crippen molar-refractivity contribution < 1.29 is 22.8 Å². The second kappa shape index (κ2) is 7.23. The van der Waals surface area contributed by atoms with E-state index < -0.39 is 17.6 Å². The normalized spacial score (nSPS) is 16.3. The van der Waals surface area contributed by atoms with Gasteiger partial charge < -0.3 is 10.2 Å². The van der Waals surface area contributed by atoms with Crippen LogP contribution in [0.25, 0.3) is 0 Å². The Labute approximate surface area is 139 Å². The van der Waals surface area contributed by atoms with Crippen LogP contribution >= 0.6 is 0 Å². The number of piperidine rings is 1. The van der Waals surface area contributed by atoms with Crippen LogP contribution in [0, 0.1) is 5.92 Å². The highest BCUT2D eigenvalue weighted by molar-refractivity contribution is 5.96. The highest BCUT2D eigenvalue weighted by atomic mass is 19.4. The van der Waals surface area contributed by atoms with Crippen LogP contribution in [0.4, 0.5) is 13.2 Å². The van der Waals surface area contributed by atoms with Gasteiger partial charge in [-0.15, -0.1) is 0 Å². The summed E-state index contributed by atoms with van der Waals surface area (Å²) in [5.74, 6) is -0.790. The van der Waals surface area contributed by atoms with E-state index in [0.29, 0.717) is 25.9 Å². The molecule has 24 heavy (non-hydrogen) atoms. The molecule has 1 saturated heterocycles. The van der Waals surface area contributed by atoms with Gasteiger partial charge in [-0.1, -0.05) is 26.0 Å². The standard InChI is InChI=1S/C17H21F3N2O2/c1-11(2)15(23)21-12-7-9-22(10-8-12)16(24)13-5-3-4-6-14(13)17(18,19)20/h3-6,11-12H,7-10H2,1-2H3,(H,21,23). The van der Waals surface area contributed by atoms with Crippen molar-refractivity contribution in [3.05, 3.63) is 35.4 Å². The summed E-state index contributed by atoms with van der Waals surface area (Å²) in [5.41, 5.74) is -1.24. The number of benzene rings is 1. The van der Waals surface area contributed by atoms with Gasteiger partial charge in [0.1, 0.15) is 0 Å². The van der Waals surface area contributed by atoms with Crippen LogP contribution in [-0.2, 0) is 11.0 Å². The average molecular weight is 342 g/mol. The van der Waals surface area contributed by atoms with Gasteiger partial charge in [-0.25, -0.2) is 0 Å². The van der Waals surface area contributed by atoms with Gasteiger partial charge >= 0.3 is 6.18 Å². The van der Waals surface area contributed by atoms with Gasteiger partial charge in [0.15, 0.2) is 0 Å². The molecule has 0 aliphatic carbocycles. The Morgan fingerprint density at radius 1 is 1.17 bits per heavy atom. The molecule has 0 spiro atoms. The minimum atomic E-state index is -4.56.